The van der Waals surface area contributed by atoms with Crippen molar-refractivity contribution in [3.05, 3.63) is 0 Å². The molecular weight excluding hydrogens is 128 g/mol. The number of hydrogen-bond acceptors (Lipinski definition) is 3. The van der Waals surface area contributed by atoms with E-state index >= 15 is 0 Å². The van der Waals surface area contributed by atoms with Gasteiger partial charge in [0.25, 0.3) is 0 Å². The Morgan fingerprint density at radius 2 is 1.70 bits per heavy atom. The highest BCUT2D eigenvalue weighted by atomic mass is 16.4. The molecule has 0 saturated heterocycles. The minimum atomic E-state index is 0.685. The van der Waals surface area contributed by atoms with Gasteiger partial charge in [-0.2, -0.15) is 0 Å². The fourth-order valence-corrected chi connectivity index (χ4v) is 0.824. The molecule has 0 bridgehead atoms. The molecule has 1 N–H and O–H groups in total. The van der Waals surface area contributed by atoms with Crippen molar-refractivity contribution in [2.24, 2.45) is 10.1 Å². The van der Waals surface area contributed by atoms with Crippen LogP contribution in [0.15, 0.2) is 10.1 Å². The van der Waals surface area contributed by atoms with Gasteiger partial charge in [0.15, 0.2) is 0 Å². The predicted octanol–water partition coefficient (Wildman–Crippen LogP) is 1.71. The molecular formula is C7H14N2O. The second-order valence-electron chi connectivity index (χ2n) is 1.92. The Labute approximate surface area is 61.5 Å². The molecule has 10 heavy (non-hydrogen) atoms. The van der Waals surface area contributed by atoms with Crippen molar-refractivity contribution in [1.29, 1.82) is 0 Å². The monoisotopic (exact) mass is 142 g/mol. The largest absolute Gasteiger partial charge is 0.411 e. The van der Waals surface area contributed by atoms with Crippen LogP contribution in [-0.4, -0.2) is 23.7 Å². The third-order valence-electron chi connectivity index (χ3n) is 1.39. The Balaban J connectivity index is 4.27. The standard InChI is InChI=1S/C7H14N2O/c1-4-6(8-3)7(5-2)9-10/h10H,4-5H2,1-3H3/b8-6?,9-7-. The molecule has 0 aliphatic carbocycles. The Morgan fingerprint density at radius 3 is 1.80 bits per heavy atom. The van der Waals surface area contributed by atoms with Crippen LogP contribution in [0, 0.1) is 0 Å². The lowest BCUT2D eigenvalue weighted by Gasteiger charge is -2.00. The Bertz CT molecular complexity index is 132. The second-order valence-corrected chi connectivity index (χ2v) is 1.92. The van der Waals surface area contributed by atoms with Gasteiger partial charge in [-0.05, 0) is 12.8 Å². The van der Waals surface area contributed by atoms with Crippen molar-refractivity contribution in [1.82, 2.24) is 0 Å². The van der Waals surface area contributed by atoms with Gasteiger partial charge in [0.1, 0.15) is 5.71 Å². The molecule has 0 aromatic carbocycles. The highest BCUT2D eigenvalue weighted by Crippen LogP contribution is 1.93. The minimum absolute atomic E-state index is 0.685. The zero-order valence-electron chi connectivity index (χ0n) is 6.76. The van der Waals surface area contributed by atoms with Crippen LogP contribution in [0.4, 0.5) is 0 Å². The Kier molecular flexibility index (Phi) is 4.54. The minimum Gasteiger partial charge on any atom is -0.411 e. The summed E-state index contributed by atoms with van der Waals surface area (Å²) in [6, 6.07) is 0. The van der Waals surface area contributed by atoms with Crippen LogP contribution in [-0.2, 0) is 0 Å². The summed E-state index contributed by atoms with van der Waals surface area (Å²) in [4.78, 5) is 3.97. The summed E-state index contributed by atoms with van der Waals surface area (Å²) in [5, 5.41) is 11.6. The number of nitrogens with zero attached hydrogens (tertiary/aromatic N) is 2. The van der Waals surface area contributed by atoms with Gasteiger partial charge in [0.2, 0.25) is 0 Å². The first-order valence-corrected chi connectivity index (χ1v) is 3.47. The lowest BCUT2D eigenvalue weighted by molar-refractivity contribution is 0.319. The quantitative estimate of drug-likeness (QED) is 0.364. The van der Waals surface area contributed by atoms with Gasteiger partial charge < -0.3 is 5.21 Å². The average Bonchev–Trinajstić information content (AvgIpc) is 2.00. The van der Waals surface area contributed by atoms with Gasteiger partial charge in [-0.15, -0.1) is 0 Å². The van der Waals surface area contributed by atoms with E-state index in [2.05, 4.69) is 10.1 Å². The third-order valence-corrected chi connectivity index (χ3v) is 1.39. The van der Waals surface area contributed by atoms with E-state index in [1.165, 1.54) is 0 Å². The predicted molar refractivity (Wildman–Crippen MR) is 43.2 cm³/mol. The molecule has 0 aromatic heterocycles. The summed E-state index contributed by atoms with van der Waals surface area (Å²) in [6.07, 6.45) is 1.56. The highest BCUT2D eigenvalue weighted by molar-refractivity contribution is 6.42. The molecule has 3 heteroatoms. The van der Waals surface area contributed by atoms with Gasteiger partial charge in [-0.25, -0.2) is 0 Å². The van der Waals surface area contributed by atoms with E-state index in [-0.39, 0.29) is 0 Å². The van der Waals surface area contributed by atoms with E-state index in [9.17, 15) is 0 Å². The second kappa shape index (κ2) is 4.97. The molecule has 0 spiro atoms. The molecule has 0 atom stereocenters. The van der Waals surface area contributed by atoms with Crippen molar-refractivity contribution in [2.75, 3.05) is 7.05 Å². The number of oxime groups is 1. The van der Waals surface area contributed by atoms with E-state index in [4.69, 9.17) is 5.21 Å². The molecule has 0 aliphatic rings. The molecule has 0 amide bonds. The number of aliphatic imine (C=N–C) groups is 1. The molecule has 0 aromatic rings. The van der Waals surface area contributed by atoms with Gasteiger partial charge in [-0.3, -0.25) is 4.99 Å². The third kappa shape index (κ3) is 2.17. The van der Waals surface area contributed by atoms with Gasteiger partial charge in [0.05, 0.1) is 5.71 Å². The van der Waals surface area contributed by atoms with E-state index < -0.39 is 0 Å². The summed E-state index contributed by atoms with van der Waals surface area (Å²) < 4.78 is 0. The molecule has 0 heterocycles. The lowest BCUT2D eigenvalue weighted by atomic mass is 10.1. The normalized spacial score (nSPS) is 13.9. The number of rotatable bonds is 3. The molecule has 0 aliphatic heterocycles. The first-order valence-electron chi connectivity index (χ1n) is 3.47. The summed E-state index contributed by atoms with van der Waals surface area (Å²) in [5.41, 5.74) is 1.56. The maximum atomic E-state index is 8.47. The SMILES string of the molecule is CCC(=NC)/C(CC)=N\O. The van der Waals surface area contributed by atoms with Crippen molar-refractivity contribution < 1.29 is 5.21 Å². The van der Waals surface area contributed by atoms with Gasteiger partial charge >= 0.3 is 0 Å². The zero-order valence-corrected chi connectivity index (χ0v) is 6.76. The highest BCUT2D eigenvalue weighted by Gasteiger charge is 2.02. The maximum absolute atomic E-state index is 8.47. The molecule has 58 valence electrons. The fourth-order valence-electron chi connectivity index (χ4n) is 0.824. The first kappa shape index (κ1) is 9.14. The van der Waals surface area contributed by atoms with Crippen LogP contribution in [0.5, 0.6) is 0 Å². The smallest absolute Gasteiger partial charge is 0.100 e. The van der Waals surface area contributed by atoms with Crippen LogP contribution in [0.1, 0.15) is 26.7 Å². The molecule has 0 unspecified atom stereocenters. The Hall–Kier alpha value is -0.860. The van der Waals surface area contributed by atoms with Gasteiger partial charge in [0, 0.05) is 7.05 Å². The van der Waals surface area contributed by atoms with Crippen LogP contribution >= 0.6 is 0 Å². The summed E-state index contributed by atoms with van der Waals surface area (Å²) >= 11 is 0. The average molecular weight is 142 g/mol. The fraction of sp³-hybridized carbons (Fsp3) is 0.714. The van der Waals surface area contributed by atoms with E-state index in [1.54, 1.807) is 7.05 Å². The topological polar surface area (TPSA) is 45.0 Å². The van der Waals surface area contributed by atoms with Crippen LogP contribution in [0.3, 0.4) is 0 Å². The van der Waals surface area contributed by atoms with Crippen LogP contribution in [0.2, 0.25) is 0 Å². The molecule has 0 saturated carbocycles. The molecule has 0 radical (unpaired) electrons. The van der Waals surface area contributed by atoms with E-state index in [0.29, 0.717) is 5.71 Å². The summed E-state index contributed by atoms with van der Waals surface area (Å²) in [6.45, 7) is 3.93. The van der Waals surface area contributed by atoms with Crippen LogP contribution in [0.25, 0.3) is 0 Å². The van der Waals surface area contributed by atoms with Crippen molar-refractivity contribution >= 4 is 11.4 Å². The number of hydrogen-bond donors (Lipinski definition) is 1. The van der Waals surface area contributed by atoms with Crippen molar-refractivity contribution in [2.45, 2.75) is 26.7 Å². The molecule has 3 nitrogen and oxygen atoms in total. The summed E-state index contributed by atoms with van der Waals surface area (Å²) in [7, 11) is 1.71. The van der Waals surface area contributed by atoms with Crippen LogP contribution < -0.4 is 0 Å². The zero-order chi connectivity index (χ0) is 7.98. The van der Waals surface area contributed by atoms with E-state index in [0.717, 1.165) is 18.6 Å². The van der Waals surface area contributed by atoms with E-state index in [1.807, 2.05) is 13.8 Å². The summed E-state index contributed by atoms with van der Waals surface area (Å²) in [5.74, 6) is 0. The maximum Gasteiger partial charge on any atom is 0.100 e. The molecule has 0 fully saturated rings. The van der Waals surface area contributed by atoms with Crippen molar-refractivity contribution in [3.63, 3.8) is 0 Å². The molecule has 0 rings (SSSR count). The van der Waals surface area contributed by atoms with Crippen molar-refractivity contribution in [3.8, 4) is 0 Å². The lowest BCUT2D eigenvalue weighted by Crippen LogP contribution is -2.11. The Morgan fingerprint density at radius 1 is 1.20 bits per heavy atom. The van der Waals surface area contributed by atoms with Gasteiger partial charge in [-0.1, -0.05) is 19.0 Å². The first-order chi connectivity index (χ1) is 4.79.